The van der Waals surface area contributed by atoms with Gasteiger partial charge in [-0.15, -0.1) is 11.3 Å². The van der Waals surface area contributed by atoms with Crippen molar-refractivity contribution >= 4 is 39.2 Å². The number of aryl methyl sites for hydroxylation is 3. The van der Waals surface area contributed by atoms with Crippen LogP contribution in [0.5, 0.6) is 0 Å². The molecule has 0 unspecified atom stereocenters. The van der Waals surface area contributed by atoms with E-state index in [0.717, 1.165) is 59.4 Å². The van der Waals surface area contributed by atoms with Crippen molar-refractivity contribution in [2.45, 2.75) is 27.7 Å². The quantitative estimate of drug-likeness (QED) is 0.605. The first-order chi connectivity index (χ1) is 14.0. The highest BCUT2D eigenvalue weighted by Gasteiger charge is 2.26. The predicted octanol–water partition coefficient (Wildman–Crippen LogP) is 2.91. The summed E-state index contributed by atoms with van der Waals surface area (Å²) in [7, 11) is 0. The zero-order chi connectivity index (χ0) is 20.5. The molecule has 1 aliphatic heterocycles. The van der Waals surface area contributed by atoms with E-state index >= 15 is 0 Å². The van der Waals surface area contributed by atoms with Crippen molar-refractivity contribution in [3.63, 3.8) is 0 Å². The Morgan fingerprint density at radius 2 is 1.79 bits per heavy atom. The van der Waals surface area contributed by atoms with E-state index in [1.807, 2.05) is 33.8 Å². The Balaban J connectivity index is 1.63. The molecular formula is C20H24N6O2S. The van der Waals surface area contributed by atoms with Crippen molar-refractivity contribution < 1.29 is 9.53 Å². The second-order valence-corrected chi connectivity index (χ2v) is 7.99. The first-order valence-electron chi connectivity index (χ1n) is 9.72. The summed E-state index contributed by atoms with van der Waals surface area (Å²) >= 11 is 1.38. The number of ether oxygens (including phenoxy) is 1. The normalized spacial score (nSPS) is 14.5. The van der Waals surface area contributed by atoms with Gasteiger partial charge in [-0.2, -0.15) is 0 Å². The average Bonchev–Trinajstić information content (AvgIpc) is 3.04. The molecule has 0 N–H and O–H groups in total. The maximum Gasteiger partial charge on any atom is 0.348 e. The topological polar surface area (TPSA) is 84.3 Å². The summed E-state index contributed by atoms with van der Waals surface area (Å²) in [5, 5.41) is 0.954. The lowest BCUT2D eigenvalue weighted by Gasteiger charge is -2.36. The standard InChI is InChI=1S/C20H24N6O2S/c1-5-28-20(27)17-12(2)16-18(23-14(4)24-19(16)29-17)26-10-8-25(9-11-26)15-6-7-21-13(3)22-15/h6-7H,5,8-11H2,1-4H3. The molecule has 152 valence electrons. The van der Waals surface area contributed by atoms with Crippen molar-refractivity contribution in [3.8, 4) is 0 Å². The molecule has 29 heavy (non-hydrogen) atoms. The number of anilines is 2. The van der Waals surface area contributed by atoms with Gasteiger partial charge in [0.25, 0.3) is 0 Å². The Morgan fingerprint density at radius 1 is 1.07 bits per heavy atom. The van der Waals surface area contributed by atoms with E-state index in [9.17, 15) is 4.79 Å². The molecule has 0 saturated carbocycles. The minimum atomic E-state index is -0.291. The van der Waals surface area contributed by atoms with E-state index in [-0.39, 0.29) is 5.97 Å². The molecule has 1 aliphatic rings. The van der Waals surface area contributed by atoms with E-state index in [1.165, 1.54) is 11.3 Å². The molecule has 3 aromatic heterocycles. The molecule has 1 saturated heterocycles. The SMILES string of the molecule is CCOC(=O)c1sc2nc(C)nc(N3CCN(c4ccnc(C)n4)CC3)c2c1C. The molecule has 0 radical (unpaired) electrons. The highest BCUT2D eigenvalue weighted by atomic mass is 32.1. The number of piperazine rings is 1. The lowest BCUT2D eigenvalue weighted by atomic mass is 10.1. The summed E-state index contributed by atoms with van der Waals surface area (Å²) in [5.41, 5.74) is 0.896. The van der Waals surface area contributed by atoms with Crippen LogP contribution in [0.1, 0.15) is 33.8 Å². The van der Waals surface area contributed by atoms with Crippen LogP contribution in [-0.2, 0) is 4.74 Å². The van der Waals surface area contributed by atoms with Crippen LogP contribution in [0.15, 0.2) is 12.3 Å². The van der Waals surface area contributed by atoms with Crippen molar-refractivity contribution in [1.82, 2.24) is 19.9 Å². The van der Waals surface area contributed by atoms with E-state index < -0.39 is 0 Å². The molecule has 4 heterocycles. The number of hydrogen-bond acceptors (Lipinski definition) is 9. The van der Waals surface area contributed by atoms with Crippen LogP contribution >= 0.6 is 11.3 Å². The number of fused-ring (bicyclic) bond motifs is 1. The summed E-state index contributed by atoms with van der Waals surface area (Å²) in [6, 6.07) is 1.95. The fraction of sp³-hybridized carbons (Fsp3) is 0.450. The fourth-order valence-corrected chi connectivity index (χ4v) is 4.72. The third-order valence-electron chi connectivity index (χ3n) is 5.01. The predicted molar refractivity (Wildman–Crippen MR) is 114 cm³/mol. The first-order valence-corrected chi connectivity index (χ1v) is 10.5. The summed E-state index contributed by atoms with van der Waals surface area (Å²) in [6.45, 7) is 11.2. The summed E-state index contributed by atoms with van der Waals surface area (Å²) < 4.78 is 5.22. The number of nitrogens with zero attached hydrogens (tertiary/aromatic N) is 6. The van der Waals surface area contributed by atoms with Crippen LogP contribution < -0.4 is 9.80 Å². The number of hydrogen-bond donors (Lipinski definition) is 0. The van der Waals surface area contributed by atoms with Gasteiger partial charge >= 0.3 is 5.97 Å². The molecule has 8 nitrogen and oxygen atoms in total. The van der Waals surface area contributed by atoms with E-state index in [2.05, 4.69) is 24.8 Å². The monoisotopic (exact) mass is 412 g/mol. The van der Waals surface area contributed by atoms with E-state index in [4.69, 9.17) is 9.72 Å². The largest absolute Gasteiger partial charge is 0.462 e. The lowest BCUT2D eigenvalue weighted by Crippen LogP contribution is -2.47. The summed E-state index contributed by atoms with van der Waals surface area (Å²) in [4.78, 5) is 36.4. The van der Waals surface area contributed by atoms with Crippen LogP contribution in [0, 0.1) is 20.8 Å². The number of carbonyl (C=O) groups excluding carboxylic acids is 1. The smallest absolute Gasteiger partial charge is 0.348 e. The highest BCUT2D eigenvalue weighted by molar-refractivity contribution is 7.20. The van der Waals surface area contributed by atoms with Crippen molar-refractivity contribution in [1.29, 1.82) is 0 Å². The number of aromatic nitrogens is 4. The zero-order valence-corrected chi connectivity index (χ0v) is 17.9. The lowest BCUT2D eigenvalue weighted by molar-refractivity contribution is 0.0531. The Labute approximate surface area is 173 Å². The van der Waals surface area contributed by atoms with Gasteiger partial charge < -0.3 is 14.5 Å². The van der Waals surface area contributed by atoms with Gasteiger partial charge in [0.1, 0.15) is 33.0 Å². The average molecular weight is 413 g/mol. The Kier molecular flexibility index (Phi) is 5.31. The van der Waals surface area contributed by atoms with Gasteiger partial charge in [0.05, 0.1) is 12.0 Å². The summed E-state index contributed by atoms with van der Waals surface area (Å²) in [6.07, 6.45) is 1.80. The molecule has 0 amide bonds. The molecule has 0 aromatic carbocycles. The van der Waals surface area contributed by atoms with Gasteiger partial charge in [-0.25, -0.2) is 24.7 Å². The maximum atomic E-state index is 12.3. The molecule has 0 atom stereocenters. The molecule has 0 aliphatic carbocycles. The Morgan fingerprint density at radius 3 is 2.48 bits per heavy atom. The van der Waals surface area contributed by atoms with Crippen LogP contribution in [0.4, 0.5) is 11.6 Å². The third kappa shape index (κ3) is 3.74. The highest BCUT2D eigenvalue weighted by Crippen LogP contribution is 2.36. The second-order valence-electron chi connectivity index (χ2n) is 6.99. The molecule has 3 aromatic rings. The molecule has 9 heteroatoms. The number of esters is 1. The summed E-state index contributed by atoms with van der Waals surface area (Å²) in [5.74, 6) is 3.05. The number of rotatable bonds is 4. The van der Waals surface area contributed by atoms with Crippen LogP contribution in [0.3, 0.4) is 0 Å². The number of thiophene rings is 1. The van der Waals surface area contributed by atoms with Crippen molar-refractivity contribution in [2.75, 3.05) is 42.6 Å². The van der Waals surface area contributed by atoms with Crippen LogP contribution in [-0.4, -0.2) is 58.7 Å². The Bertz CT molecular complexity index is 1060. The van der Waals surface area contributed by atoms with Gasteiger partial charge in [0.2, 0.25) is 0 Å². The van der Waals surface area contributed by atoms with E-state index in [1.54, 1.807) is 6.20 Å². The molecule has 0 bridgehead atoms. The van der Waals surface area contributed by atoms with Crippen LogP contribution in [0.2, 0.25) is 0 Å². The minimum absolute atomic E-state index is 0.291. The zero-order valence-electron chi connectivity index (χ0n) is 17.1. The van der Waals surface area contributed by atoms with E-state index in [0.29, 0.717) is 17.3 Å². The van der Waals surface area contributed by atoms with Gasteiger partial charge in [-0.3, -0.25) is 0 Å². The fourth-order valence-electron chi connectivity index (χ4n) is 3.61. The van der Waals surface area contributed by atoms with Gasteiger partial charge in [-0.05, 0) is 39.3 Å². The second kappa shape index (κ2) is 7.90. The molecule has 0 spiro atoms. The minimum Gasteiger partial charge on any atom is -0.462 e. The van der Waals surface area contributed by atoms with Gasteiger partial charge in [0, 0.05) is 32.4 Å². The maximum absolute atomic E-state index is 12.3. The van der Waals surface area contributed by atoms with Crippen LogP contribution in [0.25, 0.3) is 10.2 Å². The molecular weight excluding hydrogens is 388 g/mol. The first kappa shape index (κ1) is 19.5. The van der Waals surface area contributed by atoms with Crippen molar-refractivity contribution in [3.05, 3.63) is 34.4 Å². The van der Waals surface area contributed by atoms with Crippen molar-refractivity contribution in [2.24, 2.45) is 0 Å². The molecule has 4 rings (SSSR count). The number of carbonyl (C=O) groups is 1. The van der Waals surface area contributed by atoms with Gasteiger partial charge in [-0.1, -0.05) is 0 Å². The third-order valence-corrected chi connectivity index (χ3v) is 6.17. The van der Waals surface area contributed by atoms with Gasteiger partial charge in [0.15, 0.2) is 0 Å². The molecule has 1 fully saturated rings. The Hall–Kier alpha value is -2.81.